The molecular formula is C20H22N4O4S. The number of benzene rings is 1. The number of para-hydroxylation sites is 1. The average Bonchev–Trinajstić information content (AvgIpc) is 2.91. The fourth-order valence-electron chi connectivity index (χ4n) is 3.77. The maximum absolute atomic E-state index is 12.8. The number of hydrogen-bond acceptors (Lipinski definition) is 6. The number of anilines is 1. The zero-order valence-corrected chi connectivity index (χ0v) is 16.9. The minimum Gasteiger partial charge on any atom is -0.324 e. The van der Waals surface area contributed by atoms with Crippen LogP contribution in [0.5, 0.6) is 0 Å². The molecule has 9 heteroatoms. The SMILES string of the molecule is C[C@@H]1CCCC[C@@H]1N1C(=O)C(=O)N(CC(=O)Nc2ccccc2SCC#N)C1=O. The van der Waals surface area contributed by atoms with Gasteiger partial charge in [0.05, 0.1) is 17.5 Å². The lowest BCUT2D eigenvalue weighted by atomic mass is 9.85. The normalized spacial score (nSPS) is 22.0. The van der Waals surface area contributed by atoms with Gasteiger partial charge in [-0.3, -0.25) is 19.3 Å². The quantitative estimate of drug-likeness (QED) is 0.435. The summed E-state index contributed by atoms with van der Waals surface area (Å²) in [5, 5.41) is 11.4. The summed E-state index contributed by atoms with van der Waals surface area (Å²) in [6, 6.07) is 7.95. The molecule has 1 aliphatic carbocycles. The first-order valence-electron chi connectivity index (χ1n) is 9.51. The highest BCUT2D eigenvalue weighted by atomic mass is 32.2. The van der Waals surface area contributed by atoms with E-state index in [2.05, 4.69) is 5.32 Å². The first-order chi connectivity index (χ1) is 13.9. The van der Waals surface area contributed by atoms with Crippen LogP contribution in [-0.2, 0) is 14.4 Å². The molecule has 5 amide bonds. The van der Waals surface area contributed by atoms with Crippen LogP contribution in [0.1, 0.15) is 32.6 Å². The largest absolute Gasteiger partial charge is 0.334 e. The van der Waals surface area contributed by atoms with Crippen LogP contribution in [0.4, 0.5) is 10.5 Å². The standard InChI is InChI=1S/C20H22N4O4S/c1-13-6-2-4-8-15(13)24-19(27)18(26)23(20(24)28)12-17(25)22-14-7-3-5-9-16(14)29-11-10-21/h3,5,7,9,13,15H,2,4,6,8,11-12H2,1H3,(H,22,25)/t13-,15+/m1/s1. The van der Waals surface area contributed by atoms with Gasteiger partial charge < -0.3 is 5.32 Å². The van der Waals surface area contributed by atoms with Crippen LogP contribution in [-0.4, -0.2) is 51.9 Å². The van der Waals surface area contributed by atoms with Gasteiger partial charge in [0.15, 0.2) is 0 Å². The van der Waals surface area contributed by atoms with Crippen molar-refractivity contribution in [3.63, 3.8) is 0 Å². The van der Waals surface area contributed by atoms with Gasteiger partial charge in [-0.15, -0.1) is 11.8 Å². The Balaban J connectivity index is 1.69. The average molecular weight is 414 g/mol. The van der Waals surface area contributed by atoms with Gasteiger partial charge in [-0.2, -0.15) is 5.26 Å². The van der Waals surface area contributed by atoms with E-state index in [1.54, 1.807) is 24.3 Å². The van der Waals surface area contributed by atoms with Crippen LogP contribution in [0.2, 0.25) is 0 Å². The predicted octanol–water partition coefficient (Wildman–Crippen LogP) is 2.61. The lowest BCUT2D eigenvalue weighted by Crippen LogP contribution is -2.46. The predicted molar refractivity (Wildman–Crippen MR) is 107 cm³/mol. The molecule has 152 valence electrons. The third kappa shape index (κ3) is 4.43. The van der Waals surface area contributed by atoms with E-state index in [0.717, 1.165) is 24.2 Å². The number of rotatable bonds is 6. The molecule has 2 fully saturated rings. The van der Waals surface area contributed by atoms with Gasteiger partial charge in [-0.25, -0.2) is 9.69 Å². The van der Waals surface area contributed by atoms with E-state index < -0.39 is 30.3 Å². The Bertz CT molecular complexity index is 881. The summed E-state index contributed by atoms with van der Waals surface area (Å²) >= 11 is 1.27. The second-order valence-corrected chi connectivity index (χ2v) is 8.19. The van der Waals surface area contributed by atoms with Crippen LogP contribution >= 0.6 is 11.8 Å². The monoisotopic (exact) mass is 414 g/mol. The zero-order chi connectivity index (χ0) is 21.0. The van der Waals surface area contributed by atoms with Gasteiger partial charge in [0.1, 0.15) is 6.54 Å². The van der Waals surface area contributed by atoms with E-state index in [1.165, 1.54) is 11.8 Å². The van der Waals surface area contributed by atoms with Crippen LogP contribution in [0.25, 0.3) is 0 Å². The number of urea groups is 1. The number of thioether (sulfide) groups is 1. The fraction of sp³-hybridized carbons (Fsp3) is 0.450. The molecule has 0 aromatic heterocycles. The molecule has 0 unspecified atom stereocenters. The molecule has 2 atom stereocenters. The van der Waals surface area contributed by atoms with Crippen LogP contribution in [0.3, 0.4) is 0 Å². The van der Waals surface area contributed by atoms with Crippen molar-refractivity contribution < 1.29 is 19.2 Å². The van der Waals surface area contributed by atoms with E-state index in [9.17, 15) is 19.2 Å². The molecule has 0 spiro atoms. The molecular weight excluding hydrogens is 392 g/mol. The third-order valence-corrected chi connectivity index (χ3v) is 6.18. The number of amides is 5. The third-order valence-electron chi connectivity index (χ3n) is 5.24. The summed E-state index contributed by atoms with van der Waals surface area (Å²) in [5.74, 6) is -2.05. The highest BCUT2D eigenvalue weighted by Gasteiger charge is 2.49. The number of carbonyl (C=O) groups is 4. The highest BCUT2D eigenvalue weighted by molar-refractivity contribution is 7.99. The summed E-state index contributed by atoms with van der Waals surface area (Å²) in [4.78, 5) is 52.5. The Labute approximate surface area is 173 Å². The van der Waals surface area contributed by atoms with E-state index >= 15 is 0 Å². The lowest BCUT2D eigenvalue weighted by molar-refractivity contribution is -0.145. The van der Waals surface area contributed by atoms with Gasteiger partial charge in [-0.1, -0.05) is 31.9 Å². The summed E-state index contributed by atoms with van der Waals surface area (Å²) in [7, 11) is 0. The molecule has 1 aliphatic heterocycles. The number of hydrogen-bond donors (Lipinski definition) is 1. The molecule has 0 radical (unpaired) electrons. The molecule has 1 aromatic rings. The van der Waals surface area contributed by atoms with Crippen molar-refractivity contribution in [2.75, 3.05) is 17.6 Å². The minimum absolute atomic E-state index is 0.127. The molecule has 1 heterocycles. The number of carbonyl (C=O) groups excluding carboxylic acids is 4. The van der Waals surface area contributed by atoms with Gasteiger partial charge in [0, 0.05) is 10.9 Å². The number of imide groups is 2. The molecule has 8 nitrogen and oxygen atoms in total. The second kappa shape index (κ2) is 9.09. The molecule has 29 heavy (non-hydrogen) atoms. The second-order valence-electron chi connectivity index (χ2n) is 7.17. The molecule has 1 saturated heterocycles. The van der Waals surface area contributed by atoms with Crippen LogP contribution < -0.4 is 5.32 Å². The Morgan fingerprint density at radius 1 is 1.21 bits per heavy atom. The van der Waals surface area contributed by atoms with Crippen LogP contribution in [0.15, 0.2) is 29.2 Å². The Morgan fingerprint density at radius 3 is 2.66 bits per heavy atom. The molecule has 1 N–H and O–H groups in total. The van der Waals surface area contributed by atoms with Gasteiger partial charge >= 0.3 is 17.8 Å². The van der Waals surface area contributed by atoms with Crippen molar-refractivity contribution in [2.24, 2.45) is 5.92 Å². The van der Waals surface area contributed by atoms with Crippen molar-refractivity contribution in [1.29, 1.82) is 5.26 Å². The fourth-order valence-corrected chi connectivity index (χ4v) is 4.44. The van der Waals surface area contributed by atoms with Crippen molar-refractivity contribution in [3.05, 3.63) is 24.3 Å². The maximum atomic E-state index is 12.8. The molecule has 0 bridgehead atoms. The zero-order valence-electron chi connectivity index (χ0n) is 16.1. The highest BCUT2D eigenvalue weighted by Crippen LogP contribution is 2.31. The molecule has 3 rings (SSSR count). The molecule has 1 saturated carbocycles. The van der Waals surface area contributed by atoms with Crippen molar-refractivity contribution in [1.82, 2.24) is 9.80 Å². The first-order valence-corrected chi connectivity index (χ1v) is 10.5. The number of nitriles is 1. The Kier molecular flexibility index (Phi) is 6.54. The van der Waals surface area contributed by atoms with Crippen molar-refractivity contribution in [2.45, 2.75) is 43.5 Å². The van der Waals surface area contributed by atoms with Gasteiger partial charge in [0.2, 0.25) is 5.91 Å². The summed E-state index contributed by atoms with van der Waals surface area (Å²) in [5.41, 5.74) is 0.487. The Morgan fingerprint density at radius 2 is 1.93 bits per heavy atom. The van der Waals surface area contributed by atoms with Gasteiger partial charge in [-0.05, 0) is 30.9 Å². The van der Waals surface area contributed by atoms with E-state index in [0.29, 0.717) is 21.9 Å². The Hall–Kier alpha value is -2.86. The summed E-state index contributed by atoms with van der Waals surface area (Å²) in [6.07, 6.45) is 3.51. The maximum Gasteiger partial charge on any atom is 0.334 e. The summed E-state index contributed by atoms with van der Waals surface area (Å²) in [6.45, 7) is 1.44. The van der Waals surface area contributed by atoms with E-state index in [1.807, 2.05) is 13.0 Å². The first kappa shape index (κ1) is 20.9. The van der Waals surface area contributed by atoms with Crippen molar-refractivity contribution in [3.8, 4) is 6.07 Å². The smallest absolute Gasteiger partial charge is 0.324 e. The lowest BCUT2D eigenvalue weighted by Gasteiger charge is -2.34. The molecule has 1 aromatic carbocycles. The number of nitrogens with zero attached hydrogens (tertiary/aromatic N) is 3. The molecule has 2 aliphatic rings. The van der Waals surface area contributed by atoms with Crippen LogP contribution in [0, 0.1) is 17.2 Å². The van der Waals surface area contributed by atoms with Crippen molar-refractivity contribution >= 4 is 41.2 Å². The van der Waals surface area contributed by atoms with E-state index in [4.69, 9.17) is 5.26 Å². The topological polar surface area (TPSA) is 111 Å². The number of nitrogens with one attached hydrogen (secondary N) is 1. The minimum atomic E-state index is -0.963. The summed E-state index contributed by atoms with van der Waals surface area (Å²) < 4.78 is 0. The van der Waals surface area contributed by atoms with Gasteiger partial charge in [0.25, 0.3) is 0 Å². The van der Waals surface area contributed by atoms with E-state index in [-0.39, 0.29) is 17.7 Å².